The quantitative estimate of drug-likeness (QED) is 0.609. The third-order valence-electron chi connectivity index (χ3n) is 4.85. The van der Waals surface area contributed by atoms with Crippen molar-refractivity contribution in [2.75, 3.05) is 39.8 Å². The Morgan fingerprint density at radius 3 is 2.54 bits per heavy atom. The van der Waals surface area contributed by atoms with Crippen LogP contribution in [0.2, 0.25) is 0 Å². The molecule has 0 radical (unpaired) electrons. The molecular weight excluding hydrogens is 354 g/mol. The van der Waals surface area contributed by atoms with Crippen molar-refractivity contribution in [3.8, 4) is 5.75 Å². The van der Waals surface area contributed by atoms with Gasteiger partial charge in [0.05, 0.1) is 12.2 Å². The van der Waals surface area contributed by atoms with Crippen molar-refractivity contribution in [2.45, 2.75) is 33.4 Å². The molecule has 1 aliphatic rings. The molecule has 0 saturated carbocycles. The van der Waals surface area contributed by atoms with Crippen molar-refractivity contribution >= 4 is 5.96 Å². The van der Waals surface area contributed by atoms with Crippen LogP contribution in [-0.4, -0.2) is 66.8 Å². The normalized spacial score (nSPS) is 16.9. The molecule has 1 unspecified atom stereocenters. The Kier molecular flexibility index (Phi) is 6.92. The van der Waals surface area contributed by atoms with Crippen molar-refractivity contribution in [1.82, 2.24) is 20.3 Å². The number of rotatable bonds is 6. The van der Waals surface area contributed by atoms with E-state index >= 15 is 0 Å². The van der Waals surface area contributed by atoms with Crippen LogP contribution in [0.15, 0.2) is 39.8 Å². The number of aryl methyl sites for hydroxylation is 2. The number of ether oxygens (including phenoxy) is 1. The van der Waals surface area contributed by atoms with Gasteiger partial charge in [-0.25, -0.2) is 0 Å². The minimum absolute atomic E-state index is 0.0520. The smallest absolute Gasteiger partial charge is 0.193 e. The summed E-state index contributed by atoms with van der Waals surface area (Å²) in [7, 11) is 1.83. The van der Waals surface area contributed by atoms with Gasteiger partial charge in [0, 0.05) is 45.8 Å². The van der Waals surface area contributed by atoms with E-state index in [1.54, 1.807) is 0 Å². The van der Waals surface area contributed by atoms with Gasteiger partial charge in [0.1, 0.15) is 17.6 Å². The van der Waals surface area contributed by atoms with Crippen LogP contribution in [0, 0.1) is 13.8 Å². The van der Waals surface area contributed by atoms with E-state index in [1.807, 2.05) is 32.2 Å². The second-order valence-electron chi connectivity index (χ2n) is 7.36. The van der Waals surface area contributed by atoms with Crippen molar-refractivity contribution in [1.29, 1.82) is 0 Å². The molecule has 2 heterocycles. The molecule has 0 bridgehead atoms. The minimum Gasteiger partial charge on any atom is -0.489 e. The van der Waals surface area contributed by atoms with E-state index in [1.165, 1.54) is 5.56 Å². The van der Waals surface area contributed by atoms with Gasteiger partial charge in [0.15, 0.2) is 5.96 Å². The van der Waals surface area contributed by atoms with Crippen LogP contribution in [0.3, 0.4) is 0 Å². The fourth-order valence-electron chi connectivity index (χ4n) is 3.30. The van der Waals surface area contributed by atoms with Crippen LogP contribution >= 0.6 is 0 Å². The first kappa shape index (κ1) is 20.2. The Balaban J connectivity index is 1.42. The molecule has 0 amide bonds. The summed E-state index contributed by atoms with van der Waals surface area (Å²) in [6.07, 6.45) is 0.0520. The molecular formula is C21H31N5O2. The SMILES string of the molecule is CN=C(NCC(C)Oc1ccc(C)cc1)N1CCN(Cc2cc(C)on2)CC1. The first-order chi connectivity index (χ1) is 13.5. The summed E-state index contributed by atoms with van der Waals surface area (Å²) >= 11 is 0. The zero-order valence-corrected chi connectivity index (χ0v) is 17.3. The van der Waals surface area contributed by atoms with Gasteiger partial charge in [-0.15, -0.1) is 0 Å². The van der Waals surface area contributed by atoms with E-state index in [2.05, 4.69) is 51.2 Å². The fraction of sp³-hybridized carbons (Fsp3) is 0.524. The molecule has 3 rings (SSSR count). The predicted octanol–water partition coefficient (Wildman–Crippen LogP) is 2.45. The van der Waals surface area contributed by atoms with Crippen LogP contribution < -0.4 is 10.1 Å². The number of hydrogen-bond donors (Lipinski definition) is 1. The van der Waals surface area contributed by atoms with E-state index in [4.69, 9.17) is 9.26 Å². The third-order valence-corrected chi connectivity index (χ3v) is 4.85. The lowest BCUT2D eigenvalue weighted by molar-refractivity contribution is 0.167. The number of piperazine rings is 1. The second-order valence-corrected chi connectivity index (χ2v) is 7.36. The predicted molar refractivity (Wildman–Crippen MR) is 111 cm³/mol. The summed E-state index contributed by atoms with van der Waals surface area (Å²) in [5.41, 5.74) is 2.23. The van der Waals surface area contributed by atoms with E-state index in [0.717, 1.165) is 55.9 Å². The van der Waals surface area contributed by atoms with Crippen molar-refractivity contribution in [3.63, 3.8) is 0 Å². The van der Waals surface area contributed by atoms with Gasteiger partial charge in [-0.05, 0) is 32.9 Å². The number of guanidine groups is 1. The summed E-state index contributed by atoms with van der Waals surface area (Å²) in [5, 5.41) is 7.53. The van der Waals surface area contributed by atoms with Crippen LogP contribution in [0.25, 0.3) is 0 Å². The zero-order chi connectivity index (χ0) is 19.9. The number of hydrogen-bond acceptors (Lipinski definition) is 5. The maximum atomic E-state index is 5.98. The minimum atomic E-state index is 0.0520. The molecule has 7 nitrogen and oxygen atoms in total. The Hall–Kier alpha value is -2.54. The number of benzene rings is 1. The van der Waals surface area contributed by atoms with Crippen LogP contribution in [0.4, 0.5) is 0 Å². The van der Waals surface area contributed by atoms with Crippen LogP contribution in [-0.2, 0) is 6.54 Å². The Morgan fingerprint density at radius 1 is 1.21 bits per heavy atom. The average molecular weight is 386 g/mol. The molecule has 1 fully saturated rings. The Bertz CT molecular complexity index is 763. The lowest BCUT2D eigenvalue weighted by Crippen LogP contribution is -2.53. The molecule has 2 aromatic rings. The highest BCUT2D eigenvalue weighted by molar-refractivity contribution is 5.80. The topological polar surface area (TPSA) is 66.1 Å². The molecule has 1 saturated heterocycles. The molecule has 1 atom stereocenters. The standard InChI is InChI=1S/C21H31N5O2/c1-16-5-7-20(8-6-16)27-18(3)14-23-21(22-4)26-11-9-25(10-12-26)15-19-13-17(2)28-24-19/h5-8,13,18H,9-12,14-15H2,1-4H3,(H,22,23). The van der Waals surface area contributed by atoms with E-state index in [0.29, 0.717) is 6.54 Å². The summed E-state index contributed by atoms with van der Waals surface area (Å²) in [4.78, 5) is 9.13. The van der Waals surface area contributed by atoms with Gasteiger partial charge >= 0.3 is 0 Å². The molecule has 1 aliphatic heterocycles. The number of nitrogens with zero attached hydrogens (tertiary/aromatic N) is 4. The monoisotopic (exact) mass is 385 g/mol. The molecule has 0 spiro atoms. The Labute approximate surface area is 167 Å². The maximum Gasteiger partial charge on any atom is 0.193 e. The van der Waals surface area contributed by atoms with Crippen molar-refractivity contribution in [3.05, 3.63) is 47.3 Å². The highest BCUT2D eigenvalue weighted by Gasteiger charge is 2.21. The molecule has 0 aliphatic carbocycles. The molecule has 1 N–H and O–H groups in total. The zero-order valence-electron chi connectivity index (χ0n) is 17.3. The van der Waals surface area contributed by atoms with Crippen molar-refractivity contribution < 1.29 is 9.26 Å². The molecule has 7 heteroatoms. The highest BCUT2D eigenvalue weighted by Crippen LogP contribution is 2.13. The third kappa shape index (κ3) is 5.73. The number of nitrogens with one attached hydrogen (secondary N) is 1. The average Bonchev–Trinajstić information content (AvgIpc) is 3.10. The lowest BCUT2D eigenvalue weighted by Gasteiger charge is -2.36. The van der Waals surface area contributed by atoms with Crippen molar-refractivity contribution in [2.24, 2.45) is 4.99 Å². The summed E-state index contributed by atoms with van der Waals surface area (Å²) in [6, 6.07) is 10.2. The molecule has 1 aromatic carbocycles. The maximum absolute atomic E-state index is 5.98. The molecule has 28 heavy (non-hydrogen) atoms. The van der Waals surface area contributed by atoms with Gasteiger partial charge < -0.3 is 19.5 Å². The lowest BCUT2D eigenvalue weighted by atomic mass is 10.2. The number of aliphatic imine (C=N–C) groups is 1. The molecule has 152 valence electrons. The van der Waals surface area contributed by atoms with Gasteiger partial charge in [0.25, 0.3) is 0 Å². The number of aromatic nitrogens is 1. The first-order valence-corrected chi connectivity index (χ1v) is 9.87. The first-order valence-electron chi connectivity index (χ1n) is 9.87. The van der Waals surface area contributed by atoms with Gasteiger partial charge in [0.2, 0.25) is 0 Å². The van der Waals surface area contributed by atoms with Crippen LogP contribution in [0.1, 0.15) is 23.9 Å². The summed E-state index contributed by atoms with van der Waals surface area (Å²) in [6.45, 7) is 11.4. The van der Waals surface area contributed by atoms with Gasteiger partial charge in [-0.1, -0.05) is 22.9 Å². The van der Waals surface area contributed by atoms with E-state index in [9.17, 15) is 0 Å². The summed E-state index contributed by atoms with van der Waals surface area (Å²) < 4.78 is 11.1. The molecule has 1 aromatic heterocycles. The van der Waals surface area contributed by atoms with Crippen LogP contribution in [0.5, 0.6) is 5.75 Å². The highest BCUT2D eigenvalue weighted by atomic mass is 16.5. The Morgan fingerprint density at radius 2 is 1.93 bits per heavy atom. The largest absolute Gasteiger partial charge is 0.489 e. The van der Waals surface area contributed by atoms with Gasteiger partial charge in [-0.2, -0.15) is 0 Å². The van der Waals surface area contributed by atoms with E-state index < -0.39 is 0 Å². The van der Waals surface area contributed by atoms with Gasteiger partial charge in [-0.3, -0.25) is 9.89 Å². The fourth-order valence-corrected chi connectivity index (χ4v) is 3.30. The summed E-state index contributed by atoms with van der Waals surface area (Å²) in [5.74, 6) is 2.68. The van der Waals surface area contributed by atoms with E-state index in [-0.39, 0.29) is 6.10 Å². The second kappa shape index (κ2) is 9.59.